The zero-order valence-corrected chi connectivity index (χ0v) is 15.4. The minimum atomic E-state index is -3.27. The average Bonchev–Trinajstić information content (AvgIpc) is 3.45. The summed E-state index contributed by atoms with van der Waals surface area (Å²) in [6.07, 6.45) is 4.10. The van der Waals surface area contributed by atoms with Gasteiger partial charge in [0, 0.05) is 31.1 Å². The number of morpholine rings is 1. The van der Waals surface area contributed by atoms with E-state index in [1.165, 1.54) is 6.26 Å². The minimum Gasteiger partial charge on any atom is -0.384 e. The summed E-state index contributed by atoms with van der Waals surface area (Å²) in [4.78, 5) is 15.4. The number of rotatable bonds is 4. The zero-order chi connectivity index (χ0) is 18.4. The Labute approximate surface area is 152 Å². The number of hydrogen-bond donors (Lipinski definition) is 1. The summed E-state index contributed by atoms with van der Waals surface area (Å²) >= 11 is 0. The minimum absolute atomic E-state index is 0.422. The second-order valence-corrected chi connectivity index (χ2v) is 9.10. The molecule has 9 heteroatoms. The first-order valence-corrected chi connectivity index (χ1v) is 10.4. The monoisotopic (exact) mass is 375 g/mol. The molecule has 2 aromatic heterocycles. The Kier molecular flexibility index (Phi) is 4.07. The highest BCUT2D eigenvalue weighted by Gasteiger charge is 2.55. The maximum atomic E-state index is 12.4. The van der Waals surface area contributed by atoms with E-state index in [4.69, 9.17) is 10.5 Å². The highest BCUT2D eigenvalue weighted by atomic mass is 32.2. The second-order valence-electron chi connectivity index (χ2n) is 6.78. The summed E-state index contributed by atoms with van der Waals surface area (Å²) in [5, 5.41) is 0. The number of aromatic nitrogens is 3. The van der Waals surface area contributed by atoms with Crippen molar-refractivity contribution in [2.75, 3.05) is 43.2 Å². The predicted molar refractivity (Wildman–Crippen MR) is 98.5 cm³/mol. The molecule has 138 valence electrons. The third kappa shape index (κ3) is 3.01. The summed E-state index contributed by atoms with van der Waals surface area (Å²) in [6, 6.07) is 5.30. The number of hydrogen-bond acceptors (Lipinski definition) is 8. The van der Waals surface area contributed by atoms with E-state index in [0.29, 0.717) is 62.3 Å². The maximum absolute atomic E-state index is 12.4. The van der Waals surface area contributed by atoms with Crippen LogP contribution >= 0.6 is 0 Å². The molecule has 0 spiro atoms. The van der Waals surface area contributed by atoms with Crippen LogP contribution in [0, 0.1) is 0 Å². The summed E-state index contributed by atoms with van der Waals surface area (Å²) in [5.74, 6) is 0.957. The van der Waals surface area contributed by atoms with Crippen LogP contribution in [0.15, 0.2) is 24.4 Å². The lowest BCUT2D eigenvalue weighted by molar-refractivity contribution is 0.122. The Balaban J connectivity index is 1.83. The molecule has 0 bridgehead atoms. The molecule has 0 aromatic carbocycles. The van der Waals surface area contributed by atoms with Gasteiger partial charge in [-0.1, -0.05) is 0 Å². The van der Waals surface area contributed by atoms with Crippen molar-refractivity contribution in [2.45, 2.75) is 17.6 Å². The van der Waals surface area contributed by atoms with Crippen molar-refractivity contribution >= 4 is 21.6 Å². The fourth-order valence-electron chi connectivity index (χ4n) is 3.21. The van der Waals surface area contributed by atoms with Gasteiger partial charge in [0.1, 0.15) is 10.6 Å². The van der Waals surface area contributed by atoms with Gasteiger partial charge in [-0.3, -0.25) is 0 Å². The number of ether oxygens (including phenoxy) is 1. The van der Waals surface area contributed by atoms with Crippen LogP contribution in [0.2, 0.25) is 0 Å². The first-order chi connectivity index (χ1) is 12.4. The Morgan fingerprint density at radius 2 is 1.92 bits per heavy atom. The molecule has 2 aromatic rings. The van der Waals surface area contributed by atoms with Crippen LogP contribution in [0.5, 0.6) is 0 Å². The van der Waals surface area contributed by atoms with Crippen LogP contribution in [0.1, 0.15) is 18.5 Å². The van der Waals surface area contributed by atoms with Crippen LogP contribution in [-0.4, -0.2) is 55.9 Å². The highest BCUT2D eigenvalue weighted by Crippen LogP contribution is 2.52. The number of nitrogens with two attached hydrogens (primary N) is 1. The Hall–Kier alpha value is -2.26. The Morgan fingerprint density at radius 3 is 2.50 bits per heavy atom. The molecule has 1 saturated carbocycles. The molecule has 0 radical (unpaired) electrons. The van der Waals surface area contributed by atoms with E-state index in [9.17, 15) is 8.42 Å². The third-order valence-corrected chi connectivity index (χ3v) is 7.01. The molecule has 0 amide bonds. The fraction of sp³-hybridized carbons (Fsp3) is 0.471. The summed E-state index contributed by atoms with van der Waals surface area (Å²) in [5.41, 5.74) is 7.66. The van der Waals surface area contributed by atoms with Gasteiger partial charge in [0.2, 0.25) is 5.95 Å². The Morgan fingerprint density at radius 1 is 1.19 bits per heavy atom. The van der Waals surface area contributed by atoms with Crippen LogP contribution < -0.4 is 10.6 Å². The lowest BCUT2D eigenvalue weighted by Gasteiger charge is -2.28. The molecule has 2 aliphatic rings. The number of nitrogen functional groups attached to an aromatic ring is 1. The number of pyridine rings is 1. The molecule has 3 heterocycles. The molecule has 8 nitrogen and oxygen atoms in total. The van der Waals surface area contributed by atoms with E-state index >= 15 is 0 Å². The lowest BCUT2D eigenvalue weighted by Crippen LogP contribution is -2.38. The van der Waals surface area contributed by atoms with Gasteiger partial charge >= 0.3 is 0 Å². The van der Waals surface area contributed by atoms with E-state index < -0.39 is 14.6 Å². The molecule has 1 saturated heterocycles. The zero-order valence-electron chi connectivity index (χ0n) is 14.6. The molecular formula is C17H21N5O3S. The van der Waals surface area contributed by atoms with Crippen molar-refractivity contribution in [1.29, 1.82) is 0 Å². The Bertz CT molecular complexity index is 920. The first kappa shape index (κ1) is 17.2. The molecule has 2 N–H and O–H groups in total. The standard InChI is InChI=1S/C17H21N5O3S/c1-26(23,24)17(4-5-17)14-10-13(12-2-3-15(18)19-11-12)20-16(21-14)22-6-8-25-9-7-22/h2-3,10-11H,4-9H2,1H3,(H2,18,19). The van der Waals surface area contributed by atoms with E-state index in [-0.39, 0.29) is 0 Å². The lowest BCUT2D eigenvalue weighted by atomic mass is 10.1. The van der Waals surface area contributed by atoms with Gasteiger partial charge in [-0.15, -0.1) is 0 Å². The number of anilines is 2. The largest absolute Gasteiger partial charge is 0.384 e. The van der Waals surface area contributed by atoms with Crippen molar-refractivity contribution < 1.29 is 13.2 Å². The van der Waals surface area contributed by atoms with Gasteiger partial charge in [0.25, 0.3) is 0 Å². The SMILES string of the molecule is CS(=O)(=O)C1(c2cc(-c3ccc(N)nc3)nc(N3CCOCC3)n2)CC1. The summed E-state index contributed by atoms with van der Waals surface area (Å²) in [6.45, 7) is 2.55. The average molecular weight is 375 g/mol. The summed E-state index contributed by atoms with van der Waals surface area (Å²) < 4.78 is 29.2. The second kappa shape index (κ2) is 6.17. The van der Waals surface area contributed by atoms with E-state index in [2.05, 4.69) is 15.0 Å². The smallest absolute Gasteiger partial charge is 0.226 e. The fourth-order valence-corrected chi connectivity index (χ4v) is 4.54. The third-order valence-electron chi connectivity index (χ3n) is 4.97. The number of nitrogens with zero attached hydrogens (tertiary/aromatic N) is 4. The number of sulfone groups is 1. The van der Waals surface area contributed by atoms with Gasteiger partial charge in [-0.2, -0.15) is 0 Å². The molecule has 1 aliphatic heterocycles. The highest BCUT2D eigenvalue weighted by molar-refractivity contribution is 7.91. The maximum Gasteiger partial charge on any atom is 0.226 e. The van der Waals surface area contributed by atoms with Crippen LogP contribution in [-0.2, 0) is 19.3 Å². The summed E-state index contributed by atoms with van der Waals surface area (Å²) in [7, 11) is -3.27. The molecule has 4 rings (SSSR count). The predicted octanol–water partition coefficient (Wildman–Crippen LogP) is 0.991. The van der Waals surface area contributed by atoms with Crippen LogP contribution in [0.4, 0.5) is 11.8 Å². The quantitative estimate of drug-likeness (QED) is 0.842. The topological polar surface area (TPSA) is 111 Å². The van der Waals surface area contributed by atoms with Crippen molar-refractivity contribution in [1.82, 2.24) is 15.0 Å². The molecule has 0 atom stereocenters. The van der Waals surface area contributed by atoms with Crippen molar-refractivity contribution in [2.24, 2.45) is 0 Å². The first-order valence-electron chi connectivity index (χ1n) is 8.53. The van der Waals surface area contributed by atoms with Gasteiger partial charge in [0.05, 0.1) is 24.6 Å². The van der Waals surface area contributed by atoms with Gasteiger partial charge in [0.15, 0.2) is 9.84 Å². The van der Waals surface area contributed by atoms with Crippen LogP contribution in [0.3, 0.4) is 0 Å². The van der Waals surface area contributed by atoms with E-state index in [1.54, 1.807) is 18.3 Å². The van der Waals surface area contributed by atoms with Gasteiger partial charge in [-0.05, 0) is 31.0 Å². The van der Waals surface area contributed by atoms with E-state index in [1.807, 2.05) is 11.0 Å². The molecule has 2 fully saturated rings. The van der Waals surface area contributed by atoms with Crippen LogP contribution in [0.25, 0.3) is 11.3 Å². The molecule has 1 aliphatic carbocycles. The van der Waals surface area contributed by atoms with E-state index in [0.717, 1.165) is 5.56 Å². The molecular weight excluding hydrogens is 354 g/mol. The van der Waals surface area contributed by atoms with Crippen molar-refractivity contribution in [3.05, 3.63) is 30.1 Å². The normalized spacial score (nSPS) is 19.3. The molecule has 26 heavy (non-hydrogen) atoms. The molecule has 0 unspecified atom stereocenters. The van der Waals surface area contributed by atoms with Crippen molar-refractivity contribution in [3.8, 4) is 11.3 Å². The van der Waals surface area contributed by atoms with Crippen molar-refractivity contribution in [3.63, 3.8) is 0 Å². The van der Waals surface area contributed by atoms with Gasteiger partial charge < -0.3 is 15.4 Å². The van der Waals surface area contributed by atoms with Gasteiger partial charge in [-0.25, -0.2) is 23.4 Å².